The number of rotatable bonds is 12. The monoisotopic (exact) mass is 641 g/mol. The molecule has 0 aromatic heterocycles. The van der Waals surface area contributed by atoms with Gasteiger partial charge >= 0.3 is 0 Å². The number of nitrogens with one attached hydrogen (secondary N) is 1. The summed E-state index contributed by atoms with van der Waals surface area (Å²) in [5.41, 5.74) is 0.497. The summed E-state index contributed by atoms with van der Waals surface area (Å²) in [5.74, 6) is -1.81. The third-order valence-corrected chi connectivity index (χ3v) is 9.21. The summed E-state index contributed by atoms with van der Waals surface area (Å²) in [6.45, 7) is 4.73. The van der Waals surface area contributed by atoms with Crippen molar-refractivity contribution in [3.8, 4) is 0 Å². The minimum absolute atomic E-state index is 0.0183. The van der Waals surface area contributed by atoms with Crippen molar-refractivity contribution in [3.05, 3.63) is 93.2 Å². The molecule has 3 aromatic carbocycles. The molecule has 0 aliphatic carbocycles. The molecule has 41 heavy (non-hydrogen) atoms. The standard InChI is InChI=1S/C29H31Cl3FN3O4S/c1-4-19(3)34-29(38)27(5-2)35(17-20-11-12-21(30)15-24(20)31)28(37)18-36(22-13-14-26(33)25(32)16-22)41(39,40)23-9-7-6-8-10-23/h6-16,19,27H,4-5,17-18H2,1-3H3,(H,34,38)/t19-,27-/m0/s1. The van der Waals surface area contributed by atoms with E-state index in [9.17, 15) is 22.4 Å². The molecule has 0 radical (unpaired) electrons. The Morgan fingerprint density at radius 1 is 0.927 bits per heavy atom. The predicted molar refractivity (Wildman–Crippen MR) is 161 cm³/mol. The van der Waals surface area contributed by atoms with E-state index >= 15 is 0 Å². The molecule has 0 saturated carbocycles. The molecule has 220 valence electrons. The van der Waals surface area contributed by atoms with E-state index in [-0.39, 0.29) is 45.5 Å². The SMILES string of the molecule is CC[C@H](C)NC(=O)[C@H](CC)N(Cc1ccc(Cl)cc1Cl)C(=O)CN(c1ccc(F)c(Cl)c1)S(=O)(=O)c1ccccc1. The second-order valence-electron chi connectivity index (χ2n) is 9.42. The molecule has 0 aliphatic heterocycles. The van der Waals surface area contributed by atoms with Crippen LogP contribution in [0.3, 0.4) is 0 Å². The second-order valence-corrected chi connectivity index (χ2v) is 12.5. The Hall–Kier alpha value is -2.85. The number of carbonyl (C=O) groups is 2. The van der Waals surface area contributed by atoms with Gasteiger partial charge in [-0.05, 0) is 67.8 Å². The van der Waals surface area contributed by atoms with E-state index in [4.69, 9.17) is 34.8 Å². The van der Waals surface area contributed by atoms with E-state index in [2.05, 4.69) is 5.32 Å². The molecular weight excluding hydrogens is 612 g/mol. The van der Waals surface area contributed by atoms with E-state index in [0.717, 1.165) is 16.4 Å². The molecule has 0 heterocycles. The molecule has 0 bridgehead atoms. The Kier molecular flexibility index (Phi) is 11.4. The molecule has 12 heteroatoms. The van der Waals surface area contributed by atoms with Crippen molar-refractivity contribution in [3.63, 3.8) is 0 Å². The van der Waals surface area contributed by atoms with E-state index in [1.807, 2.05) is 13.8 Å². The number of sulfonamides is 1. The molecule has 0 unspecified atom stereocenters. The first-order valence-corrected chi connectivity index (χ1v) is 15.5. The van der Waals surface area contributed by atoms with Crippen LogP contribution in [-0.4, -0.2) is 43.8 Å². The summed E-state index contributed by atoms with van der Waals surface area (Å²) in [5, 5.41) is 3.27. The lowest BCUT2D eigenvalue weighted by molar-refractivity contribution is -0.140. The average Bonchev–Trinajstić information content (AvgIpc) is 2.94. The molecule has 7 nitrogen and oxygen atoms in total. The van der Waals surface area contributed by atoms with Crippen molar-refractivity contribution >= 4 is 62.3 Å². The van der Waals surface area contributed by atoms with Gasteiger partial charge in [-0.3, -0.25) is 13.9 Å². The normalized spacial score (nSPS) is 12.9. The summed E-state index contributed by atoms with van der Waals surface area (Å²) >= 11 is 18.5. The van der Waals surface area contributed by atoms with E-state index in [1.165, 1.54) is 29.2 Å². The molecule has 0 saturated heterocycles. The zero-order valence-electron chi connectivity index (χ0n) is 22.8. The largest absolute Gasteiger partial charge is 0.352 e. The Morgan fingerprint density at radius 3 is 2.20 bits per heavy atom. The van der Waals surface area contributed by atoms with E-state index in [0.29, 0.717) is 17.0 Å². The Balaban J connectivity index is 2.10. The van der Waals surface area contributed by atoms with Gasteiger partial charge in [-0.1, -0.05) is 72.9 Å². The smallest absolute Gasteiger partial charge is 0.264 e. The maximum atomic E-state index is 14.1. The van der Waals surface area contributed by atoms with Gasteiger partial charge in [-0.2, -0.15) is 0 Å². The van der Waals surface area contributed by atoms with Gasteiger partial charge in [0.05, 0.1) is 15.6 Å². The van der Waals surface area contributed by atoms with Crippen LogP contribution in [0.25, 0.3) is 0 Å². The fourth-order valence-corrected chi connectivity index (χ4v) is 6.15. The molecule has 3 rings (SSSR count). The predicted octanol–water partition coefficient (Wildman–Crippen LogP) is 6.70. The first-order chi connectivity index (χ1) is 19.4. The molecule has 0 aliphatic rings. The average molecular weight is 643 g/mol. The molecule has 2 atom stereocenters. The maximum absolute atomic E-state index is 14.1. The van der Waals surface area contributed by atoms with Gasteiger partial charge in [0.25, 0.3) is 10.0 Å². The van der Waals surface area contributed by atoms with E-state index < -0.39 is 34.3 Å². The first-order valence-electron chi connectivity index (χ1n) is 13.0. The van der Waals surface area contributed by atoms with Crippen molar-refractivity contribution in [1.82, 2.24) is 10.2 Å². The van der Waals surface area contributed by atoms with Crippen LogP contribution in [0.1, 0.15) is 39.2 Å². The van der Waals surface area contributed by atoms with Crippen LogP contribution in [0.2, 0.25) is 15.1 Å². The topological polar surface area (TPSA) is 86.8 Å². The zero-order valence-corrected chi connectivity index (χ0v) is 25.9. The summed E-state index contributed by atoms with van der Waals surface area (Å²) in [7, 11) is -4.31. The number of carbonyl (C=O) groups excluding carboxylic acids is 2. The summed E-state index contributed by atoms with van der Waals surface area (Å²) in [6, 6.07) is 14.6. The lowest BCUT2D eigenvalue weighted by atomic mass is 10.1. The van der Waals surface area contributed by atoms with Crippen molar-refractivity contribution in [2.45, 2.75) is 57.1 Å². The van der Waals surface area contributed by atoms with Crippen molar-refractivity contribution in [2.75, 3.05) is 10.8 Å². The molecule has 1 N–H and O–H groups in total. The first kappa shape index (κ1) is 32.7. The highest BCUT2D eigenvalue weighted by molar-refractivity contribution is 7.92. The van der Waals surface area contributed by atoms with Crippen LogP contribution >= 0.6 is 34.8 Å². The lowest BCUT2D eigenvalue weighted by Crippen LogP contribution is -2.53. The minimum Gasteiger partial charge on any atom is -0.352 e. The van der Waals surface area contributed by atoms with Crippen molar-refractivity contribution in [1.29, 1.82) is 0 Å². The Labute approximate surface area is 255 Å². The molecule has 3 aromatic rings. The fraction of sp³-hybridized carbons (Fsp3) is 0.310. The maximum Gasteiger partial charge on any atom is 0.264 e. The lowest BCUT2D eigenvalue weighted by Gasteiger charge is -2.34. The van der Waals surface area contributed by atoms with Crippen LogP contribution in [0.15, 0.2) is 71.6 Å². The van der Waals surface area contributed by atoms with Gasteiger partial charge in [0, 0.05) is 22.6 Å². The third kappa shape index (κ3) is 8.13. The minimum atomic E-state index is -4.31. The number of halogens is 4. The number of anilines is 1. The number of hydrogen-bond acceptors (Lipinski definition) is 4. The summed E-state index contributed by atoms with van der Waals surface area (Å²) < 4.78 is 42.5. The number of amides is 2. The molecular formula is C29H31Cl3FN3O4S. The van der Waals surface area contributed by atoms with Crippen LogP contribution in [0.5, 0.6) is 0 Å². The quantitative estimate of drug-likeness (QED) is 0.238. The van der Waals surface area contributed by atoms with Crippen LogP contribution in [-0.2, 0) is 26.2 Å². The second kappa shape index (κ2) is 14.4. The van der Waals surface area contributed by atoms with Gasteiger partial charge in [-0.15, -0.1) is 0 Å². The highest BCUT2D eigenvalue weighted by atomic mass is 35.5. The van der Waals surface area contributed by atoms with Gasteiger partial charge in [0.2, 0.25) is 11.8 Å². The van der Waals surface area contributed by atoms with Crippen LogP contribution < -0.4 is 9.62 Å². The third-order valence-electron chi connectivity index (χ3n) is 6.54. The van der Waals surface area contributed by atoms with Crippen molar-refractivity contribution in [2.24, 2.45) is 0 Å². The van der Waals surface area contributed by atoms with Crippen molar-refractivity contribution < 1.29 is 22.4 Å². The van der Waals surface area contributed by atoms with Crippen LogP contribution in [0.4, 0.5) is 10.1 Å². The van der Waals surface area contributed by atoms with Gasteiger partial charge in [0.1, 0.15) is 18.4 Å². The fourth-order valence-electron chi connectivity index (χ4n) is 4.08. The highest BCUT2D eigenvalue weighted by Crippen LogP contribution is 2.29. The molecule has 2 amide bonds. The Morgan fingerprint density at radius 2 is 1.61 bits per heavy atom. The number of nitrogens with zero attached hydrogens (tertiary/aromatic N) is 2. The zero-order chi connectivity index (χ0) is 30.3. The highest BCUT2D eigenvalue weighted by Gasteiger charge is 2.34. The summed E-state index contributed by atoms with van der Waals surface area (Å²) in [4.78, 5) is 28.6. The summed E-state index contributed by atoms with van der Waals surface area (Å²) in [6.07, 6.45) is 0.917. The van der Waals surface area contributed by atoms with Gasteiger partial charge in [0.15, 0.2) is 0 Å². The van der Waals surface area contributed by atoms with Gasteiger partial charge < -0.3 is 10.2 Å². The van der Waals surface area contributed by atoms with Gasteiger partial charge in [-0.25, -0.2) is 12.8 Å². The molecule has 0 spiro atoms. The van der Waals surface area contributed by atoms with Crippen LogP contribution in [0, 0.1) is 5.82 Å². The Bertz CT molecular complexity index is 1490. The molecule has 0 fully saturated rings. The number of benzene rings is 3. The van der Waals surface area contributed by atoms with E-state index in [1.54, 1.807) is 37.3 Å². The number of hydrogen-bond donors (Lipinski definition) is 1.